The number of esters is 1. The Hall–Kier alpha value is -1.88. The van der Waals surface area contributed by atoms with Crippen molar-refractivity contribution < 1.29 is 18.8 Å². The fourth-order valence-corrected chi connectivity index (χ4v) is 2.85. The molecule has 1 N–H and O–H groups in total. The highest BCUT2D eigenvalue weighted by Crippen LogP contribution is 2.25. The predicted octanol–water partition coefficient (Wildman–Crippen LogP) is 3.29. The Morgan fingerprint density at radius 2 is 1.79 bits per heavy atom. The molecule has 0 bridgehead atoms. The van der Waals surface area contributed by atoms with Crippen LogP contribution in [0.1, 0.15) is 48.2 Å². The lowest BCUT2D eigenvalue weighted by Crippen LogP contribution is -2.51. The zero-order valence-electron chi connectivity index (χ0n) is 16.0. The molecule has 1 aromatic carbocycles. The van der Waals surface area contributed by atoms with E-state index in [1.807, 2.05) is 41.1 Å². The van der Waals surface area contributed by atoms with Gasteiger partial charge in [0.1, 0.15) is 0 Å². The fraction of sp³-hybridized carbons (Fsp3) is 0.579. The number of benzene rings is 1. The van der Waals surface area contributed by atoms with E-state index in [9.17, 15) is 9.59 Å². The molecule has 0 aliphatic carbocycles. The third-order valence-electron chi connectivity index (χ3n) is 4.02. The van der Waals surface area contributed by atoms with Crippen molar-refractivity contribution in [1.29, 1.82) is 0 Å². The Bertz CT molecular complexity index is 603. The van der Waals surface area contributed by atoms with Crippen molar-refractivity contribution in [2.24, 2.45) is 0 Å². The van der Waals surface area contributed by atoms with Crippen LogP contribution in [0.25, 0.3) is 0 Å². The van der Waals surface area contributed by atoms with Gasteiger partial charge in [0.05, 0.1) is 39.0 Å². The lowest BCUT2D eigenvalue weighted by atomic mass is 10.0. The number of ether oxygens (including phenoxy) is 1. The largest absolute Gasteiger partial charge is 0.462 e. The van der Waals surface area contributed by atoms with Gasteiger partial charge >= 0.3 is 5.97 Å². The molecule has 0 aliphatic rings. The van der Waals surface area contributed by atoms with E-state index in [-0.39, 0.29) is 11.9 Å². The minimum atomic E-state index is -0.406. The van der Waals surface area contributed by atoms with Gasteiger partial charge in [-0.05, 0) is 44.4 Å². The summed E-state index contributed by atoms with van der Waals surface area (Å²) in [7, 11) is 6.02. The third-order valence-corrected chi connectivity index (χ3v) is 4.02. The van der Waals surface area contributed by atoms with Crippen LogP contribution in [0.2, 0.25) is 0 Å². The van der Waals surface area contributed by atoms with Gasteiger partial charge in [0, 0.05) is 6.42 Å². The van der Waals surface area contributed by atoms with Crippen LogP contribution in [0.5, 0.6) is 0 Å². The number of carbonyl (C=O) groups is 2. The second-order valence-electron chi connectivity index (χ2n) is 7.13. The van der Waals surface area contributed by atoms with Crippen LogP contribution in [0.4, 0.5) is 5.69 Å². The van der Waals surface area contributed by atoms with Crippen molar-refractivity contribution in [2.45, 2.75) is 46.6 Å². The summed E-state index contributed by atoms with van der Waals surface area (Å²) >= 11 is 0. The predicted molar refractivity (Wildman–Crippen MR) is 97.2 cm³/mol. The van der Waals surface area contributed by atoms with Crippen molar-refractivity contribution in [3.8, 4) is 0 Å². The molecule has 0 aromatic heterocycles. The van der Waals surface area contributed by atoms with Crippen molar-refractivity contribution in [3.63, 3.8) is 0 Å². The van der Waals surface area contributed by atoms with Crippen molar-refractivity contribution >= 4 is 17.6 Å². The molecule has 5 heteroatoms. The summed E-state index contributed by atoms with van der Waals surface area (Å²) in [6.07, 6.45) is 1.71. The number of amides is 1. The number of hydrogen-bond acceptors (Lipinski definition) is 3. The van der Waals surface area contributed by atoms with Crippen LogP contribution in [0.15, 0.2) is 12.1 Å². The summed E-state index contributed by atoms with van der Waals surface area (Å²) in [4.78, 5) is 25.1. The van der Waals surface area contributed by atoms with Gasteiger partial charge < -0.3 is 14.5 Å². The SMILES string of the molecule is CCCC(C(=O)Nc1c(C)cc(C)cc1C(=O)OCC)[N+](C)(C)C. The molecule has 1 unspecified atom stereocenters. The van der Waals surface area contributed by atoms with E-state index >= 15 is 0 Å². The molecule has 5 nitrogen and oxygen atoms in total. The molecule has 0 heterocycles. The zero-order valence-corrected chi connectivity index (χ0v) is 16.0. The summed E-state index contributed by atoms with van der Waals surface area (Å²) < 4.78 is 5.68. The summed E-state index contributed by atoms with van der Waals surface area (Å²) in [5.41, 5.74) is 2.80. The van der Waals surface area contributed by atoms with Crippen LogP contribution < -0.4 is 5.32 Å². The number of aryl methyl sites for hydroxylation is 2. The summed E-state index contributed by atoms with van der Waals surface area (Å²) in [5.74, 6) is -0.473. The van der Waals surface area contributed by atoms with Gasteiger partial charge in [0.15, 0.2) is 6.04 Å². The van der Waals surface area contributed by atoms with Crippen LogP contribution in [0.3, 0.4) is 0 Å². The van der Waals surface area contributed by atoms with Gasteiger partial charge in [0.2, 0.25) is 0 Å². The van der Waals surface area contributed by atoms with Crippen LogP contribution in [0, 0.1) is 13.8 Å². The monoisotopic (exact) mass is 335 g/mol. The topological polar surface area (TPSA) is 55.4 Å². The number of nitrogens with zero attached hydrogens (tertiary/aromatic N) is 1. The van der Waals surface area contributed by atoms with E-state index in [0.717, 1.165) is 24.0 Å². The highest BCUT2D eigenvalue weighted by atomic mass is 16.5. The summed E-state index contributed by atoms with van der Waals surface area (Å²) in [6.45, 7) is 7.96. The number of carbonyl (C=O) groups excluding carboxylic acids is 2. The standard InChI is InChI=1S/C19H30N2O3/c1-8-10-16(21(5,6)7)18(22)20-17-14(4)11-13(3)12-15(17)19(23)24-9-2/h11-12,16H,8-10H2,1-7H3/p+1. The van der Waals surface area contributed by atoms with Gasteiger partial charge in [-0.3, -0.25) is 4.79 Å². The first-order valence-electron chi connectivity index (χ1n) is 8.52. The van der Waals surface area contributed by atoms with Gasteiger partial charge in [-0.2, -0.15) is 0 Å². The maximum atomic E-state index is 12.8. The van der Waals surface area contributed by atoms with E-state index in [1.54, 1.807) is 13.0 Å². The highest BCUT2D eigenvalue weighted by Gasteiger charge is 2.31. The summed E-state index contributed by atoms with van der Waals surface area (Å²) in [6, 6.07) is 3.55. The first kappa shape index (κ1) is 20.2. The van der Waals surface area contributed by atoms with Crippen molar-refractivity contribution in [3.05, 3.63) is 28.8 Å². The van der Waals surface area contributed by atoms with E-state index in [2.05, 4.69) is 12.2 Å². The highest BCUT2D eigenvalue weighted by molar-refractivity contribution is 6.03. The number of quaternary nitrogens is 1. The third kappa shape index (κ3) is 5.06. The minimum Gasteiger partial charge on any atom is -0.462 e. The zero-order chi connectivity index (χ0) is 18.5. The van der Waals surface area contributed by atoms with Crippen molar-refractivity contribution in [2.75, 3.05) is 33.1 Å². The Morgan fingerprint density at radius 1 is 1.17 bits per heavy atom. The molecule has 1 rings (SSSR count). The van der Waals surface area contributed by atoms with Gasteiger partial charge in [-0.15, -0.1) is 0 Å². The number of nitrogens with one attached hydrogen (secondary N) is 1. The minimum absolute atomic E-state index is 0.0677. The Labute approximate surface area is 145 Å². The van der Waals surface area contributed by atoms with Gasteiger partial charge in [-0.1, -0.05) is 13.0 Å². The quantitative estimate of drug-likeness (QED) is 0.614. The average molecular weight is 335 g/mol. The lowest BCUT2D eigenvalue weighted by Gasteiger charge is -2.33. The molecule has 0 saturated carbocycles. The van der Waals surface area contributed by atoms with Gasteiger partial charge in [0.25, 0.3) is 5.91 Å². The number of likely N-dealkylation sites (N-methyl/N-ethyl adjacent to an activating group) is 1. The fourth-order valence-electron chi connectivity index (χ4n) is 2.85. The smallest absolute Gasteiger partial charge is 0.340 e. The molecule has 0 saturated heterocycles. The molecule has 1 aromatic rings. The number of hydrogen-bond donors (Lipinski definition) is 1. The van der Waals surface area contributed by atoms with Crippen LogP contribution in [-0.2, 0) is 9.53 Å². The normalized spacial score (nSPS) is 12.6. The molecule has 0 spiro atoms. The Morgan fingerprint density at radius 3 is 2.29 bits per heavy atom. The second kappa shape index (κ2) is 8.29. The van der Waals surface area contributed by atoms with E-state index in [1.165, 1.54) is 0 Å². The number of anilines is 1. The molecule has 0 radical (unpaired) electrons. The molecule has 24 heavy (non-hydrogen) atoms. The van der Waals surface area contributed by atoms with E-state index in [4.69, 9.17) is 4.74 Å². The number of rotatable bonds is 7. The Kier molecular flexibility index (Phi) is 6.96. The lowest BCUT2D eigenvalue weighted by molar-refractivity contribution is -0.886. The maximum Gasteiger partial charge on any atom is 0.340 e. The van der Waals surface area contributed by atoms with Crippen molar-refractivity contribution in [1.82, 2.24) is 0 Å². The first-order valence-corrected chi connectivity index (χ1v) is 8.52. The Balaban J connectivity index is 3.21. The van der Waals surface area contributed by atoms with E-state index < -0.39 is 5.97 Å². The molecular formula is C19H31N2O3+. The van der Waals surface area contributed by atoms with Crippen LogP contribution in [-0.4, -0.2) is 50.2 Å². The molecule has 0 aliphatic heterocycles. The molecule has 134 valence electrons. The molecule has 0 fully saturated rings. The van der Waals surface area contributed by atoms with Crippen LogP contribution >= 0.6 is 0 Å². The molecular weight excluding hydrogens is 304 g/mol. The van der Waals surface area contributed by atoms with E-state index in [0.29, 0.717) is 22.3 Å². The summed E-state index contributed by atoms with van der Waals surface area (Å²) in [5, 5.41) is 2.98. The van der Waals surface area contributed by atoms with Gasteiger partial charge in [-0.25, -0.2) is 4.79 Å². The molecule has 1 amide bonds. The average Bonchev–Trinajstić information content (AvgIpc) is 2.46. The maximum absolute atomic E-state index is 12.8. The molecule has 1 atom stereocenters. The first-order chi connectivity index (χ1) is 11.1. The second-order valence-corrected chi connectivity index (χ2v) is 7.13.